The zero-order valence-corrected chi connectivity index (χ0v) is 9.07. The summed E-state index contributed by atoms with van der Waals surface area (Å²) in [7, 11) is 0. The van der Waals surface area contributed by atoms with Gasteiger partial charge in [0.1, 0.15) is 0 Å². The van der Waals surface area contributed by atoms with Crippen LogP contribution in [-0.2, 0) is 0 Å². The van der Waals surface area contributed by atoms with E-state index in [0.29, 0.717) is 0 Å². The topological polar surface area (TPSA) is 43.1 Å². The Morgan fingerprint density at radius 3 is 2.60 bits per heavy atom. The van der Waals surface area contributed by atoms with Crippen LogP contribution in [0.5, 0.6) is 0 Å². The first-order valence-corrected chi connectivity index (χ1v) is 4.89. The molecule has 3 nitrogen and oxygen atoms in total. The van der Waals surface area contributed by atoms with Crippen LogP contribution in [0.1, 0.15) is 0 Å². The van der Waals surface area contributed by atoms with Crippen molar-refractivity contribution in [1.82, 2.24) is 0 Å². The summed E-state index contributed by atoms with van der Waals surface area (Å²) in [5.41, 5.74) is 0. The molecule has 0 saturated heterocycles. The molecule has 0 aliphatic heterocycles. The third kappa shape index (κ3) is 1.67. The molecule has 1 aromatic heterocycles. The largest absolute Gasteiger partial charge is 0.326 e. The van der Waals surface area contributed by atoms with Gasteiger partial charge < -0.3 is 0 Å². The Kier molecular flexibility index (Phi) is 2.64. The van der Waals surface area contributed by atoms with Crippen molar-refractivity contribution in [2.75, 3.05) is 0 Å². The van der Waals surface area contributed by atoms with Crippen LogP contribution in [0.2, 0.25) is 0 Å². The maximum Gasteiger partial charge on any atom is 0.326 e. The average Bonchev–Trinajstić information content (AvgIpc) is 2.13. The summed E-state index contributed by atoms with van der Waals surface area (Å²) in [6.45, 7) is 0. The molecule has 0 bridgehead atoms. The van der Waals surface area contributed by atoms with Crippen LogP contribution in [0.4, 0.5) is 5.00 Å². The molecule has 0 aliphatic rings. The lowest BCUT2D eigenvalue weighted by Gasteiger charge is -1.77. The lowest BCUT2D eigenvalue weighted by atomic mass is 10.6. The van der Waals surface area contributed by atoms with Crippen molar-refractivity contribution in [1.29, 1.82) is 0 Å². The second-order valence-corrected chi connectivity index (χ2v) is 5.16. The zero-order chi connectivity index (χ0) is 7.72. The predicted octanol–water partition coefficient (Wildman–Crippen LogP) is 3.02. The minimum Gasteiger partial charge on any atom is -0.258 e. The first kappa shape index (κ1) is 8.41. The normalized spacial score (nSPS) is 9.80. The van der Waals surface area contributed by atoms with Crippen molar-refractivity contribution in [2.45, 2.75) is 0 Å². The van der Waals surface area contributed by atoms with Crippen molar-refractivity contribution in [3.63, 3.8) is 0 Å². The van der Waals surface area contributed by atoms with E-state index in [-0.39, 0.29) is 5.00 Å². The third-order valence-corrected chi connectivity index (χ3v) is 4.56. The number of hydrogen-bond donors (Lipinski definition) is 0. The molecule has 6 heteroatoms. The van der Waals surface area contributed by atoms with Crippen LogP contribution < -0.4 is 0 Å². The van der Waals surface area contributed by atoms with Crippen LogP contribution in [0.15, 0.2) is 10.5 Å². The SMILES string of the molecule is O=[N+]([O-])c1cc(Br)c(I)s1. The van der Waals surface area contributed by atoms with Crippen LogP contribution in [0.3, 0.4) is 0 Å². The number of halogens is 2. The summed E-state index contributed by atoms with van der Waals surface area (Å²) < 4.78 is 1.70. The second-order valence-electron chi connectivity index (χ2n) is 1.46. The lowest BCUT2D eigenvalue weighted by Crippen LogP contribution is -1.80. The molecule has 0 aliphatic carbocycles. The molecule has 1 heterocycles. The van der Waals surface area contributed by atoms with Crippen molar-refractivity contribution in [3.8, 4) is 0 Å². The van der Waals surface area contributed by atoms with Gasteiger partial charge in [0.25, 0.3) is 0 Å². The Hall–Kier alpha value is 0.310. The van der Waals surface area contributed by atoms with E-state index in [4.69, 9.17) is 0 Å². The highest BCUT2D eigenvalue weighted by molar-refractivity contribution is 14.1. The highest BCUT2D eigenvalue weighted by Crippen LogP contribution is 2.33. The zero-order valence-electron chi connectivity index (χ0n) is 4.51. The molecule has 54 valence electrons. The van der Waals surface area contributed by atoms with Gasteiger partial charge in [0.15, 0.2) is 0 Å². The fourth-order valence-corrected chi connectivity index (χ4v) is 2.46. The van der Waals surface area contributed by atoms with Gasteiger partial charge in [-0.1, -0.05) is 11.3 Å². The summed E-state index contributed by atoms with van der Waals surface area (Å²) in [6.07, 6.45) is 0. The number of thiophene rings is 1. The summed E-state index contributed by atoms with van der Waals surface area (Å²) in [5, 5.41) is 10.3. The van der Waals surface area contributed by atoms with Crippen LogP contribution in [0, 0.1) is 13.0 Å². The number of rotatable bonds is 1. The highest BCUT2D eigenvalue weighted by Gasteiger charge is 2.12. The quantitative estimate of drug-likeness (QED) is 0.450. The molecule has 0 radical (unpaired) electrons. The van der Waals surface area contributed by atoms with Gasteiger partial charge in [0.2, 0.25) is 0 Å². The molecule has 0 fully saturated rings. The van der Waals surface area contributed by atoms with Crippen LogP contribution >= 0.6 is 49.9 Å². The van der Waals surface area contributed by atoms with Gasteiger partial charge in [-0.3, -0.25) is 10.1 Å². The number of nitrogens with zero attached hydrogens (tertiary/aromatic N) is 1. The van der Waals surface area contributed by atoms with E-state index in [1.165, 1.54) is 6.07 Å². The maximum absolute atomic E-state index is 10.2. The molecular weight excluding hydrogens is 333 g/mol. The fourth-order valence-electron chi connectivity index (χ4n) is 0.425. The van der Waals surface area contributed by atoms with Crippen LogP contribution in [0.25, 0.3) is 0 Å². The molecule has 0 atom stereocenters. The Labute approximate surface area is 82.9 Å². The van der Waals surface area contributed by atoms with Crippen molar-refractivity contribution < 1.29 is 4.92 Å². The molecule has 0 spiro atoms. The summed E-state index contributed by atoms with van der Waals surface area (Å²) in [4.78, 5) is 9.77. The Bertz CT molecular complexity index is 255. The van der Waals surface area contributed by atoms with Gasteiger partial charge in [0, 0.05) is 10.5 Å². The molecule has 0 unspecified atom stereocenters. The monoisotopic (exact) mass is 333 g/mol. The summed E-state index contributed by atoms with van der Waals surface area (Å²) in [5.74, 6) is 0. The van der Waals surface area contributed by atoms with E-state index in [9.17, 15) is 10.1 Å². The van der Waals surface area contributed by atoms with E-state index >= 15 is 0 Å². The molecule has 0 N–H and O–H groups in total. The van der Waals surface area contributed by atoms with Gasteiger partial charge in [-0.15, -0.1) is 0 Å². The fraction of sp³-hybridized carbons (Fsp3) is 0. The second kappa shape index (κ2) is 3.14. The van der Waals surface area contributed by atoms with Crippen LogP contribution in [-0.4, -0.2) is 4.92 Å². The Morgan fingerprint density at radius 2 is 2.40 bits per heavy atom. The highest BCUT2D eigenvalue weighted by atomic mass is 127. The molecule has 1 aromatic rings. The van der Waals surface area contributed by atoms with E-state index in [2.05, 4.69) is 15.9 Å². The van der Waals surface area contributed by atoms with E-state index < -0.39 is 4.92 Å². The summed E-state index contributed by atoms with van der Waals surface area (Å²) >= 11 is 6.39. The maximum atomic E-state index is 10.2. The molecule has 0 aromatic carbocycles. The Balaban J connectivity index is 3.10. The van der Waals surface area contributed by atoms with E-state index in [1.54, 1.807) is 0 Å². The Morgan fingerprint density at radius 1 is 1.80 bits per heavy atom. The van der Waals surface area contributed by atoms with Gasteiger partial charge in [-0.05, 0) is 38.5 Å². The standard InChI is InChI=1S/C4HBrINO2S/c5-2-1-3(7(8)9)10-4(2)6/h1H. The van der Waals surface area contributed by atoms with Gasteiger partial charge in [-0.25, -0.2) is 0 Å². The predicted molar refractivity (Wildman–Crippen MR) is 51.4 cm³/mol. The number of nitro groups is 1. The van der Waals surface area contributed by atoms with E-state index in [0.717, 1.165) is 18.7 Å². The van der Waals surface area contributed by atoms with Crippen molar-refractivity contribution >= 4 is 54.9 Å². The van der Waals surface area contributed by atoms with Gasteiger partial charge in [-0.2, -0.15) is 0 Å². The molecule has 1 rings (SSSR count). The van der Waals surface area contributed by atoms with Crippen molar-refractivity contribution in [2.24, 2.45) is 0 Å². The molecule has 0 amide bonds. The van der Waals surface area contributed by atoms with Gasteiger partial charge >= 0.3 is 5.00 Å². The third-order valence-electron chi connectivity index (χ3n) is 0.812. The summed E-state index contributed by atoms with van der Waals surface area (Å²) in [6, 6.07) is 1.51. The molecule has 0 saturated carbocycles. The molecular formula is C4HBrINO2S. The lowest BCUT2D eigenvalue weighted by molar-refractivity contribution is -0.380. The van der Waals surface area contributed by atoms with E-state index in [1.807, 2.05) is 22.6 Å². The smallest absolute Gasteiger partial charge is 0.258 e. The number of hydrogen-bond acceptors (Lipinski definition) is 3. The average molecular weight is 334 g/mol. The van der Waals surface area contributed by atoms with Crippen molar-refractivity contribution in [3.05, 3.63) is 23.5 Å². The first-order valence-electron chi connectivity index (χ1n) is 2.20. The van der Waals surface area contributed by atoms with Gasteiger partial charge in [0.05, 0.1) is 7.81 Å². The first-order chi connectivity index (χ1) is 4.61. The minimum absolute atomic E-state index is 0.177. The minimum atomic E-state index is -0.391. The molecule has 10 heavy (non-hydrogen) atoms.